The Morgan fingerprint density at radius 2 is 2.11 bits per heavy atom. The lowest BCUT2D eigenvalue weighted by Gasteiger charge is -2.20. The summed E-state index contributed by atoms with van der Waals surface area (Å²) in [5.41, 5.74) is -0.530. The minimum absolute atomic E-state index is 0.0600. The first-order valence-electron chi connectivity index (χ1n) is 6.17. The first-order valence-corrected chi connectivity index (χ1v) is 6.96. The Morgan fingerprint density at radius 1 is 1.42 bits per heavy atom. The van der Waals surface area contributed by atoms with Gasteiger partial charge >= 0.3 is 6.18 Å². The molecule has 0 aromatic carbocycles. The summed E-state index contributed by atoms with van der Waals surface area (Å²) in [6, 6.07) is 1.12. The van der Waals surface area contributed by atoms with Gasteiger partial charge in [-0.2, -0.15) is 13.2 Å². The smallest absolute Gasteiger partial charge is 0.367 e. The lowest BCUT2D eigenvalue weighted by Crippen LogP contribution is -2.21. The van der Waals surface area contributed by atoms with E-state index in [0.29, 0.717) is 4.47 Å². The molecular formula is C13H16BrF3N2. The second-order valence-electron chi connectivity index (χ2n) is 5.80. The van der Waals surface area contributed by atoms with Crippen LogP contribution in [-0.2, 0) is 6.18 Å². The zero-order valence-corrected chi connectivity index (χ0v) is 12.4. The van der Waals surface area contributed by atoms with Gasteiger partial charge in [-0.1, -0.05) is 13.8 Å². The van der Waals surface area contributed by atoms with E-state index in [0.717, 1.165) is 25.3 Å². The van der Waals surface area contributed by atoms with Crippen molar-refractivity contribution in [2.24, 2.45) is 5.41 Å². The highest BCUT2D eigenvalue weighted by Crippen LogP contribution is 2.40. The summed E-state index contributed by atoms with van der Waals surface area (Å²) in [6.45, 7) is 4.27. The number of pyridine rings is 1. The second-order valence-corrected chi connectivity index (χ2v) is 6.71. The van der Waals surface area contributed by atoms with E-state index in [1.54, 1.807) is 0 Å². The normalized spacial score (nSPS) is 22.5. The Kier molecular flexibility index (Phi) is 3.82. The monoisotopic (exact) mass is 336 g/mol. The summed E-state index contributed by atoms with van der Waals surface area (Å²) < 4.78 is 39.2. The molecule has 0 spiro atoms. The number of anilines is 1. The highest BCUT2D eigenvalue weighted by molar-refractivity contribution is 9.10. The third-order valence-electron chi connectivity index (χ3n) is 3.47. The fraction of sp³-hybridized carbons (Fsp3) is 0.615. The van der Waals surface area contributed by atoms with Gasteiger partial charge in [0.15, 0.2) is 0 Å². The third kappa shape index (κ3) is 3.61. The second kappa shape index (κ2) is 4.96. The number of aromatic nitrogens is 1. The van der Waals surface area contributed by atoms with Gasteiger partial charge in [0.1, 0.15) is 5.82 Å². The molecule has 0 radical (unpaired) electrons. The standard InChI is InChI=1S/C13H16BrF3N2/c1-12(2)4-3-9(6-12)19-11-10(13(15,16)17)5-8(14)7-18-11/h5,7,9H,3-4,6H2,1-2H3,(H,18,19). The van der Waals surface area contributed by atoms with E-state index >= 15 is 0 Å². The average Bonchev–Trinajstić information content (AvgIpc) is 2.59. The summed E-state index contributed by atoms with van der Waals surface area (Å²) >= 11 is 3.03. The molecule has 106 valence electrons. The van der Waals surface area contributed by atoms with Crippen molar-refractivity contribution in [3.05, 3.63) is 22.3 Å². The molecule has 1 aliphatic rings. The molecule has 1 aliphatic carbocycles. The molecule has 0 amide bonds. The van der Waals surface area contributed by atoms with Crippen molar-refractivity contribution in [1.82, 2.24) is 4.98 Å². The number of nitrogens with one attached hydrogen (secondary N) is 1. The molecule has 1 saturated carbocycles. The van der Waals surface area contributed by atoms with Crippen LogP contribution in [0, 0.1) is 5.41 Å². The molecule has 1 unspecified atom stereocenters. The lowest BCUT2D eigenvalue weighted by molar-refractivity contribution is -0.137. The SMILES string of the molecule is CC1(C)CCC(Nc2ncc(Br)cc2C(F)(F)F)C1. The molecule has 1 aromatic heterocycles. The van der Waals surface area contributed by atoms with Crippen LogP contribution in [-0.4, -0.2) is 11.0 Å². The molecule has 0 aliphatic heterocycles. The molecule has 0 bridgehead atoms. The maximum Gasteiger partial charge on any atom is 0.419 e. The third-order valence-corrected chi connectivity index (χ3v) is 3.90. The lowest BCUT2D eigenvalue weighted by atomic mass is 9.92. The van der Waals surface area contributed by atoms with Gasteiger partial charge in [-0.25, -0.2) is 4.98 Å². The minimum atomic E-state index is -4.40. The zero-order valence-electron chi connectivity index (χ0n) is 10.8. The molecule has 2 rings (SSSR count). The van der Waals surface area contributed by atoms with Crippen LogP contribution in [0.3, 0.4) is 0 Å². The molecule has 2 nitrogen and oxygen atoms in total. The van der Waals surface area contributed by atoms with Crippen LogP contribution in [0.4, 0.5) is 19.0 Å². The maximum absolute atomic E-state index is 13.0. The fourth-order valence-electron chi connectivity index (χ4n) is 2.52. The quantitative estimate of drug-likeness (QED) is 0.834. The van der Waals surface area contributed by atoms with Crippen LogP contribution in [0.15, 0.2) is 16.7 Å². The Labute approximate surface area is 118 Å². The van der Waals surface area contributed by atoms with E-state index in [2.05, 4.69) is 40.1 Å². The van der Waals surface area contributed by atoms with E-state index in [-0.39, 0.29) is 17.3 Å². The fourth-order valence-corrected chi connectivity index (χ4v) is 2.85. The molecule has 0 saturated heterocycles. The van der Waals surface area contributed by atoms with Crippen LogP contribution < -0.4 is 5.32 Å². The van der Waals surface area contributed by atoms with Crippen molar-refractivity contribution in [1.29, 1.82) is 0 Å². The van der Waals surface area contributed by atoms with Crippen LogP contribution in [0.2, 0.25) is 0 Å². The van der Waals surface area contributed by atoms with Gasteiger partial charge in [0.2, 0.25) is 0 Å². The van der Waals surface area contributed by atoms with Gasteiger partial charge in [-0.15, -0.1) is 0 Å². The number of rotatable bonds is 2. The average molecular weight is 337 g/mol. The number of hydrogen-bond donors (Lipinski definition) is 1. The first-order chi connectivity index (χ1) is 8.67. The first kappa shape index (κ1) is 14.6. The Bertz CT molecular complexity index is 471. The molecule has 6 heteroatoms. The van der Waals surface area contributed by atoms with E-state index in [4.69, 9.17) is 0 Å². The van der Waals surface area contributed by atoms with E-state index in [1.807, 2.05) is 0 Å². The van der Waals surface area contributed by atoms with Crippen LogP contribution in [0.1, 0.15) is 38.7 Å². The number of nitrogens with zero attached hydrogens (tertiary/aromatic N) is 1. The van der Waals surface area contributed by atoms with Crippen LogP contribution in [0.5, 0.6) is 0 Å². The highest BCUT2D eigenvalue weighted by Gasteiger charge is 2.37. The maximum atomic E-state index is 13.0. The molecule has 1 heterocycles. The Morgan fingerprint density at radius 3 is 2.63 bits per heavy atom. The highest BCUT2D eigenvalue weighted by atomic mass is 79.9. The molecule has 1 fully saturated rings. The molecule has 19 heavy (non-hydrogen) atoms. The molecule has 1 N–H and O–H groups in total. The van der Waals surface area contributed by atoms with Crippen molar-refractivity contribution in [2.45, 2.75) is 45.3 Å². The van der Waals surface area contributed by atoms with Gasteiger partial charge in [-0.05, 0) is 46.7 Å². The van der Waals surface area contributed by atoms with Gasteiger partial charge < -0.3 is 5.32 Å². The van der Waals surface area contributed by atoms with Crippen molar-refractivity contribution in [3.63, 3.8) is 0 Å². The van der Waals surface area contributed by atoms with Crippen molar-refractivity contribution in [3.8, 4) is 0 Å². The summed E-state index contributed by atoms with van der Waals surface area (Å²) in [5.74, 6) is -0.0709. The van der Waals surface area contributed by atoms with Crippen molar-refractivity contribution in [2.75, 3.05) is 5.32 Å². The molecule has 1 atom stereocenters. The minimum Gasteiger partial charge on any atom is -0.367 e. The van der Waals surface area contributed by atoms with Gasteiger partial charge in [0.05, 0.1) is 5.56 Å². The van der Waals surface area contributed by atoms with E-state index in [1.165, 1.54) is 6.20 Å². The van der Waals surface area contributed by atoms with Crippen molar-refractivity contribution >= 4 is 21.7 Å². The summed E-state index contributed by atoms with van der Waals surface area (Å²) in [5, 5.41) is 2.95. The number of halogens is 4. The largest absolute Gasteiger partial charge is 0.419 e. The predicted molar refractivity (Wildman–Crippen MR) is 72.0 cm³/mol. The summed E-state index contributed by atoms with van der Waals surface area (Å²) in [7, 11) is 0. The van der Waals surface area contributed by atoms with Crippen LogP contribution >= 0.6 is 15.9 Å². The summed E-state index contributed by atoms with van der Waals surface area (Å²) in [6.07, 6.45) is -0.252. The molecule has 1 aromatic rings. The van der Waals surface area contributed by atoms with Crippen molar-refractivity contribution < 1.29 is 13.2 Å². The van der Waals surface area contributed by atoms with Crippen LogP contribution in [0.25, 0.3) is 0 Å². The van der Waals surface area contributed by atoms with Gasteiger partial charge in [-0.3, -0.25) is 0 Å². The van der Waals surface area contributed by atoms with Gasteiger partial charge in [0.25, 0.3) is 0 Å². The zero-order chi connectivity index (χ0) is 14.3. The topological polar surface area (TPSA) is 24.9 Å². The van der Waals surface area contributed by atoms with E-state index < -0.39 is 11.7 Å². The van der Waals surface area contributed by atoms with Gasteiger partial charge in [0, 0.05) is 16.7 Å². The summed E-state index contributed by atoms with van der Waals surface area (Å²) in [4.78, 5) is 3.88. The predicted octanol–water partition coefficient (Wildman–Crippen LogP) is 4.85. The molecular weight excluding hydrogens is 321 g/mol. The Balaban J connectivity index is 2.21. The Hall–Kier alpha value is -0.780. The number of hydrogen-bond acceptors (Lipinski definition) is 2. The number of alkyl halides is 3. The van der Waals surface area contributed by atoms with E-state index in [9.17, 15) is 13.2 Å².